The second kappa shape index (κ2) is 6.16. The zero-order chi connectivity index (χ0) is 18.8. The molecule has 2 heterocycles. The highest BCUT2D eigenvalue weighted by Crippen LogP contribution is 2.53. The van der Waals surface area contributed by atoms with Crippen LogP contribution in [0.1, 0.15) is 20.8 Å². The Labute approximate surface area is 145 Å². The first-order chi connectivity index (χ1) is 11.8. The SMILES string of the molecule is CC1=CC=CC2N1C=C(C(=O)OC(C)C)C(C#N)(C#N)C2(C#N)C#N. The summed E-state index contributed by atoms with van der Waals surface area (Å²) in [7, 11) is 0. The molecule has 0 N–H and O–H groups in total. The van der Waals surface area contributed by atoms with Crippen LogP contribution in [-0.4, -0.2) is 23.0 Å². The lowest BCUT2D eigenvalue weighted by molar-refractivity contribution is -0.144. The molecule has 25 heavy (non-hydrogen) atoms. The number of allylic oxidation sites excluding steroid dienone is 3. The Bertz CT molecular complexity index is 839. The molecule has 7 nitrogen and oxygen atoms in total. The van der Waals surface area contributed by atoms with Crippen LogP contribution in [0.5, 0.6) is 0 Å². The fourth-order valence-electron chi connectivity index (χ4n) is 3.03. The molecule has 2 rings (SSSR count). The number of hydrogen-bond acceptors (Lipinski definition) is 7. The molecule has 0 amide bonds. The lowest BCUT2D eigenvalue weighted by atomic mass is 9.56. The minimum atomic E-state index is -2.27. The van der Waals surface area contributed by atoms with Crippen molar-refractivity contribution in [3.05, 3.63) is 35.7 Å². The van der Waals surface area contributed by atoms with Crippen LogP contribution in [-0.2, 0) is 9.53 Å². The van der Waals surface area contributed by atoms with Gasteiger partial charge in [-0.2, -0.15) is 21.0 Å². The first-order valence-electron chi connectivity index (χ1n) is 7.55. The zero-order valence-electron chi connectivity index (χ0n) is 14.0. The molecule has 2 aliphatic heterocycles. The molecule has 1 unspecified atom stereocenters. The summed E-state index contributed by atoms with van der Waals surface area (Å²) in [5, 5.41) is 39.2. The van der Waals surface area contributed by atoms with Crippen molar-refractivity contribution < 1.29 is 9.53 Å². The van der Waals surface area contributed by atoms with Crippen molar-refractivity contribution in [2.75, 3.05) is 0 Å². The number of hydrogen-bond donors (Lipinski definition) is 0. The largest absolute Gasteiger partial charge is 0.460 e. The van der Waals surface area contributed by atoms with Crippen LogP contribution in [0.3, 0.4) is 0 Å². The van der Waals surface area contributed by atoms with Crippen molar-refractivity contribution in [1.82, 2.24) is 4.90 Å². The van der Waals surface area contributed by atoms with E-state index in [0.29, 0.717) is 5.70 Å². The van der Waals surface area contributed by atoms with E-state index in [9.17, 15) is 25.8 Å². The molecule has 0 aromatic heterocycles. The average Bonchev–Trinajstić information content (AvgIpc) is 2.59. The predicted molar refractivity (Wildman–Crippen MR) is 85.2 cm³/mol. The van der Waals surface area contributed by atoms with Crippen LogP contribution in [0.4, 0.5) is 0 Å². The van der Waals surface area contributed by atoms with Gasteiger partial charge in [-0.1, -0.05) is 12.2 Å². The molecule has 7 heteroatoms. The van der Waals surface area contributed by atoms with Gasteiger partial charge in [0.15, 0.2) is 0 Å². The molecule has 0 fully saturated rings. The van der Waals surface area contributed by atoms with E-state index < -0.39 is 28.9 Å². The summed E-state index contributed by atoms with van der Waals surface area (Å²) in [6.07, 6.45) is 5.82. The van der Waals surface area contributed by atoms with Gasteiger partial charge in [0, 0.05) is 11.9 Å². The van der Waals surface area contributed by atoms with Gasteiger partial charge in [-0.05, 0) is 26.8 Å². The van der Waals surface area contributed by atoms with Gasteiger partial charge in [-0.3, -0.25) is 0 Å². The molecular weight excluding hydrogens is 318 g/mol. The molecule has 0 aromatic carbocycles. The van der Waals surface area contributed by atoms with Crippen LogP contribution >= 0.6 is 0 Å². The van der Waals surface area contributed by atoms with Crippen molar-refractivity contribution in [1.29, 1.82) is 21.0 Å². The minimum Gasteiger partial charge on any atom is -0.460 e. The number of carbonyl (C=O) groups is 1. The van der Waals surface area contributed by atoms with Crippen molar-refractivity contribution >= 4 is 5.97 Å². The van der Waals surface area contributed by atoms with Gasteiger partial charge in [-0.25, -0.2) is 4.79 Å². The van der Waals surface area contributed by atoms with Gasteiger partial charge in [0.25, 0.3) is 0 Å². The van der Waals surface area contributed by atoms with Crippen LogP contribution < -0.4 is 0 Å². The van der Waals surface area contributed by atoms with Crippen LogP contribution in [0.2, 0.25) is 0 Å². The minimum absolute atomic E-state index is 0.311. The van der Waals surface area contributed by atoms with E-state index in [-0.39, 0.29) is 5.57 Å². The Hall–Kier alpha value is -3.55. The zero-order valence-corrected chi connectivity index (χ0v) is 14.0. The molecule has 0 spiro atoms. The lowest BCUT2D eigenvalue weighted by Gasteiger charge is -2.47. The second-order valence-electron chi connectivity index (χ2n) is 6.05. The first kappa shape index (κ1) is 17.8. The average molecular weight is 333 g/mol. The summed E-state index contributed by atoms with van der Waals surface area (Å²) in [6, 6.07) is 6.33. The summed E-state index contributed by atoms with van der Waals surface area (Å²) in [5.74, 6) is -0.895. The fraction of sp³-hybridized carbons (Fsp3) is 0.389. The molecule has 2 aliphatic rings. The first-order valence-corrected chi connectivity index (χ1v) is 7.55. The fourth-order valence-corrected chi connectivity index (χ4v) is 3.03. The lowest BCUT2D eigenvalue weighted by Crippen LogP contribution is -2.58. The maximum atomic E-state index is 12.6. The number of esters is 1. The van der Waals surface area contributed by atoms with E-state index in [1.807, 2.05) is 12.1 Å². The summed E-state index contributed by atoms with van der Waals surface area (Å²) < 4.78 is 5.15. The van der Waals surface area contributed by atoms with E-state index in [4.69, 9.17) is 4.74 Å². The molecular formula is C18H15N5O2. The van der Waals surface area contributed by atoms with Crippen molar-refractivity contribution in [2.24, 2.45) is 10.8 Å². The van der Waals surface area contributed by atoms with Crippen molar-refractivity contribution in [3.8, 4) is 24.3 Å². The van der Waals surface area contributed by atoms with E-state index >= 15 is 0 Å². The molecule has 1 atom stereocenters. The monoisotopic (exact) mass is 333 g/mol. The number of carbonyl (C=O) groups excluding carboxylic acids is 1. The van der Waals surface area contributed by atoms with E-state index in [0.717, 1.165) is 0 Å². The maximum absolute atomic E-state index is 12.6. The highest BCUT2D eigenvalue weighted by molar-refractivity contribution is 5.93. The smallest absolute Gasteiger partial charge is 0.338 e. The molecule has 0 aliphatic carbocycles. The van der Waals surface area contributed by atoms with Gasteiger partial charge in [0.1, 0.15) is 0 Å². The molecule has 0 radical (unpaired) electrons. The number of fused-ring (bicyclic) bond motifs is 1. The van der Waals surface area contributed by atoms with Gasteiger partial charge in [0.05, 0.1) is 42.0 Å². The second-order valence-corrected chi connectivity index (χ2v) is 6.05. The Morgan fingerprint density at radius 3 is 2.28 bits per heavy atom. The summed E-state index contributed by atoms with van der Waals surface area (Å²) >= 11 is 0. The normalized spacial score (nSPS) is 22.2. The Morgan fingerprint density at radius 1 is 1.20 bits per heavy atom. The Morgan fingerprint density at radius 2 is 1.80 bits per heavy atom. The van der Waals surface area contributed by atoms with Gasteiger partial charge in [0.2, 0.25) is 10.8 Å². The molecule has 0 aromatic rings. The van der Waals surface area contributed by atoms with Crippen molar-refractivity contribution in [2.45, 2.75) is 32.9 Å². The van der Waals surface area contributed by atoms with Crippen molar-refractivity contribution in [3.63, 3.8) is 0 Å². The molecule has 0 bridgehead atoms. The Kier molecular flexibility index (Phi) is 4.38. The highest BCUT2D eigenvalue weighted by Gasteiger charge is 2.66. The third kappa shape index (κ3) is 2.26. The third-order valence-electron chi connectivity index (χ3n) is 4.30. The molecule has 0 saturated carbocycles. The van der Waals surface area contributed by atoms with Gasteiger partial charge in [-0.15, -0.1) is 0 Å². The van der Waals surface area contributed by atoms with Crippen LogP contribution in [0, 0.1) is 56.2 Å². The Balaban J connectivity index is 2.85. The highest BCUT2D eigenvalue weighted by atomic mass is 16.5. The number of ether oxygens (including phenoxy) is 1. The predicted octanol–water partition coefficient (Wildman–Crippen LogP) is 2.05. The summed E-state index contributed by atoms with van der Waals surface area (Å²) in [6.45, 7) is 4.99. The third-order valence-corrected chi connectivity index (χ3v) is 4.30. The summed E-state index contributed by atoms with van der Waals surface area (Å²) in [5.41, 5.74) is -4.01. The maximum Gasteiger partial charge on any atom is 0.338 e. The van der Waals surface area contributed by atoms with E-state index in [2.05, 4.69) is 0 Å². The number of nitrogens with zero attached hydrogens (tertiary/aromatic N) is 5. The standard InChI is InChI=1S/C18H15N5O2/c1-12(2)25-16(24)14-7-23-13(3)5-4-6-15(23)18(10-21,11-22)17(14,8-19)9-20/h4-7,12,15H,1-3H3. The quantitative estimate of drug-likeness (QED) is 0.708. The van der Waals surface area contributed by atoms with Gasteiger partial charge < -0.3 is 9.64 Å². The topological polar surface area (TPSA) is 125 Å². The van der Waals surface area contributed by atoms with Crippen LogP contribution in [0.15, 0.2) is 35.7 Å². The van der Waals surface area contributed by atoms with Gasteiger partial charge >= 0.3 is 5.97 Å². The molecule has 124 valence electrons. The number of nitriles is 4. The van der Waals surface area contributed by atoms with Crippen LogP contribution in [0.25, 0.3) is 0 Å². The van der Waals surface area contributed by atoms with E-state index in [1.165, 1.54) is 6.20 Å². The summed E-state index contributed by atoms with van der Waals surface area (Å²) in [4.78, 5) is 14.1. The van der Waals surface area contributed by atoms with E-state index in [1.54, 1.807) is 56.0 Å². The molecule has 0 saturated heterocycles. The number of rotatable bonds is 2.